The van der Waals surface area contributed by atoms with E-state index in [0.717, 1.165) is 5.56 Å². The molecule has 2 aliphatic heterocycles. The van der Waals surface area contributed by atoms with Gasteiger partial charge in [-0.05, 0) is 30.2 Å². The van der Waals surface area contributed by atoms with Gasteiger partial charge < -0.3 is 24.6 Å². The molecule has 2 amide bonds. The molecule has 35 heavy (non-hydrogen) atoms. The van der Waals surface area contributed by atoms with Gasteiger partial charge in [-0.2, -0.15) is 0 Å². The van der Waals surface area contributed by atoms with Gasteiger partial charge in [0.05, 0.1) is 17.9 Å². The van der Waals surface area contributed by atoms with Crippen molar-refractivity contribution >= 4 is 29.0 Å². The summed E-state index contributed by atoms with van der Waals surface area (Å²) in [6, 6.07) is 14.3. The number of carbonyl (C=O) groups excluding carboxylic acids is 3. The minimum Gasteiger partial charge on any atom is -0.434 e. The molecule has 0 spiro atoms. The Kier molecular flexibility index (Phi) is 7.45. The number of ether oxygens (including phenoxy) is 2. The van der Waals surface area contributed by atoms with Gasteiger partial charge in [0.15, 0.2) is 6.23 Å². The molecule has 0 bridgehead atoms. The topological polar surface area (TPSA) is 88.2 Å². The number of carbonyl (C=O) groups is 3. The molecule has 0 saturated carbocycles. The Labute approximate surface area is 203 Å². The van der Waals surface area contributed by atoms with Crippen LogP contribution in [0.1, 0.15) is 25.0 Å². The van der Waals surface area contributed by atoms with Gasteiger partial charge in [-0.15, -0.1) is 0 Å². The van der Waals surface area contributed by atoms with E-state index in [0.29, 0.717) is 49.6 Å². The van der Waals surface area contributed by atoms with Crippen LogP contribution >= 0.6 is 0 Å². The minimum atomic E-state index is -0.847. The molecule has 2 aromatic rings. The second-order valence-corrected chi connectivity index (χ2v) is 8.56. The molecule has 9 heteroatoms. The highest BCUT2D eigenvalue weighted by Crippen LogP contribution is 2.32. The number of esters is 1. The zero-order chi connectivity index (χ0) is 24.9. The number of cyclic esters (lactones) is 1. The number of hydrogen-bond donors (Lipinski definition) is 1. The fourth-order valence-corrected chi connectivity index (χ4v) is 4.25. The molecule has 1 fully saturated rings. The summed E-state index contributed by atoms with van der Waals surface area (Å²) in [4.78, 5) is 39.7. The van der Waals surface area contributed by atoms with Crippen LogP contribution in [0.25, 0.3) is 5.57 Å². The lowest BCUT2D eigenvalue weighted by Crippen LogP contribution is -2.50. The predicted octanol–water partition coefficient (Wildman–Crippen LogP) is 2.48. The molecule has 1 N–H and O–H groups in total. The molecule has 1 saturated heterocycles. The van der Waals surface area contributed by atoms with Crippen LogP contribution in [0, 0.1) is 5.82 Å². The number of rotatable bonds is 7. The van der Waals surface area contributed by atoms with E-state index in [2.05, 4.69) is 5.32 Å². The average molecular weight is 482 g/mol. The standard InChI is InChI=1S/C26H28FN3O5/c1-17-24(26(33)35-25(17)28-18(2)31)20-8-9-22(21(27)14-20)29-10-12-30(13-11-29)23(32)16-34-15-19-6-4-3-5-7-19/h3-9,14,25H,10-13,15-16H2,1-2H3,(H,28,31)/t25-/m1/s1. The lowest BCUT2D eigenvalue weighted by Gasteiger charge is -2.36. The van der Waals surface area contributed by atoms with Gasteiger partial charge in [-0.3, -0.25) is 9.59 Å². The predicted molar refractivity (Wildman–Crippen MR) is 128 cm³/mol. The molecular formula is C26H28FN3O5. The first-order valence-corrected chi connectivity index (χ1v) is 11.5. The quantitative estimate of drug-likeness (QED) is 0.612. The van der Waals surface area contributed by atoms with Gasteiger partial charge >= 0.3 is 5.97 Å². The van der Waals surface area contributed by atoms with Crippen LogP contribution in [0.2, 0.25) is 0 Å². The van der Waals surface area contributed by atoms with Crippen molar-refractivity contribution in [1.82, 2.24) is 10.2 Å². The maximum atomic E-state index is 15.0. The maximum Gasteiger partial charge on any atom is 0.341 e. The highest BCUT2D eigenvalue weighted by molar-refractivity contribution is 6.19. The molecule has 2 aromatic carbocycles. The zero-order valence-electron chi connectivity index (χ0n) is 19.8. The van der Waals surface area contributed by atoms with Gasteiger partial charge in [0, 0.05) is 38.7 Å². The van der Waals surface area contributed by atoms with Crippen molar-refractivity contribution in [2.75, 3.05) is 37.7 Å². The first kappa shape index (κ1) is 24.4. The second-order valence-electron chi connectivity index (χ2n) is 8.56. The molecule has 8 nitrogen and oxygen atoms in total. The fraction of sp³-hybridized carbons (Fsp3) is 0.346. The van der Waals surface area contributed by atoms with Crippen LogP contribution in [-0.2, 0) is 30.5 Å². The number of amides is 2. The van der Waals surface area contributed by atoms with Gasteiger partial charge in [0.1, 0.15) is 12.4 Å². The number of piperazine rings is 1. The van der Waals surface area contributed by atoms with Crippen LogP contribution in [0.5, 0.6) is 0 Å². The molecule has 184 valence electrons. The Morgan fingerprint density at radius 3 is 2.49 bits per heavy atom. The highest BCUT2D eigenvalue weighted by Gasteiger charge is 2.33. The number of nitrogens with zero attached hydrogens (tertiary/aromatic N) is 2. The normalized spacial score (nSPS) is 18.0. The number of halogens is 1. The summed E-state index contributed by atoms with van der Waals surface area (Å²) in [6.07, 6.45) is -0.847. The van der Waals surface area contributed by atoms with Crippen molar-refractivity contribution in [2.45, 2.75) is 26.7 Å². The first-order chi connectivity index (χ1) is 16.8. The number of benzene rings is 2. The summed E-state index contributed by atoms with van der Waals surface area (Å²) in [5.74, 6) is -1.49. The van der Waals surface area contributed by atoms with E-state index in [-0.39, 0.29) is 24.0 Å². The molecule has 0 aromatic heterocycles. The van der Waals surface area contributed by atoms with Crippen LogP contribution in [0.3, 0.4) is 0 Å². The summed E-state index contributed by atoms with van der Waals surface area (Å²) in [7, 11) is 0. The van der Waals surface area contributed by atoms with Crippen molar-refractivity contribution in [3.63, 3.8) is 0 Å². The van der Waals surface area contributed by atoms with E-state index in [4.69, 9.17) is 9.47 Å². The largest absolute Gasteiger partial charge is 0.434 e. The molecule has 4 rings (SSSR count). The molecule has 0 aliphatic carbocycles. The van der Waals surface area contributed by atoms with Crippen LogP contribution in [-0.4, -0.2) is 61.7 Å². The Hall–Kier alpha value is -3.72. The fourth-order valence-electron chi connectivity index (χ4n) is 4.25. The number of nitrogens with one attached hydrogen (secondary N) is 1. The van der Waals surface area contributed by atoms with Crippen LogP contribution in [0.15, 0.2) is 54.1 Å². The van der Waals surface area contributed by atoms with Crippen molar-refractivity contribution in [2.24, 2.45) is 0 Å². The molecule has 2 heterocycles. The first-order valence-electron chi connectivity index (χ1n) is 11.5. The lowest BCUT2D eigenvalue weighted by atomic mass is 10.0. The third-order valence-electron chi connectivity index (χ3n) is 6.10. The monoisotopic (exact) mass is 481 g/mol. The smallest absolute Gasteiger partial charge is 0.341 e. The SMILES string of the molecule is CC(=O)N[C@@H]1OC(=O)C(c2ccc(N3CCN(C(=O)COCc4ccccc4)CC3)c(F)c2)=C1C. The molecule has 2 aliphatic rings. The van der Waals surface area contributed by atoms with Gasteiger partial charge in [-0.1, -0.05) is 36.4 Å². The Morgan fingerprint density at radius 2 is 1.83 bits per heavy atom. The Bertz CT molecular complexity index is 1140. The summed E-state index contributed by atoms with van der Waals surface area (Å²) in [5.41, 5.74) is 2.58. The molecule has 0 radical (unpaired) electrons. The lowest BCUT2D eigenvalue weighted by molar-refractivity contribution is -0.140. The minimum absolute atomic E-state index is 0.00198. The number of anilines is 1. The maximum absolute atomic E-state index is 15.0. The Balaban J connectivity index is 1.34. The van der Waals surface area contributed by atoms with E-state index in [1.54, 1.807) is 24.0 Å². The van der Waals surface area contributed by atoms with Crippen LogP contribution < -0.4 is 10.2 Å². The zero-order valence-corrected chi connectivity index (χ0v) is 19.8. The Morgan fingerprint density at radius 1 is 1.11 bits per heavy atom. The van der Waals surface area contributed by atoms with Crippen molar-refractivity contribution in [1.29, 1.82) is 0 Å². The summed E-state index contributed by atoms with van der Waals surface area (Å²) >= 11 is 0. The van der Waals surface area contributed by atoms with Gasteiger partial charge in [0.2, 0.25) is 11.8 Å². The highest BCUT2D eigenvalue weighted by atomic mass is 19.1. The summed E-state index contributed by atoms with van der Waals surface area (Å²) in [6.45, 7) is 5.27. The third-order valence-corrected chi connectivity index (χ3v) is 6.10. The molecule has 1 atom stereocenters. The molecular weight excluding hydrogens is 453 g/mol. The van der Waals surface area contributed by atoms with E-state index in [1.165, 1.54) is 13.0 Å². The second kappa shape index (κ2) is 10.7. The van der Waals surface area contributed by atoms with E-state index in [9.17, 15) is 14.4 Å². The summed E-state index contributed by atoms with van der Waals surface area (Å²) < 4.78 is 25.8. The van der Waals surface area contributed by atoms with Gasteiger partial charge in [0.25, 0.3) is 0 Å². The average Bonchev–Trinajstić information content (AvgIpc) is 3.11. The van der Waals surface area contributed by atoms with Crippen molar-refractivity contribution < 1.29 is 28.2 Å². The van der Waals surface area contributed by atoms with E-state index in [1.807, 2.05) is 35.2 Å². The van der Waals surface area contributed by atoms with Gasteiger partial charge in [-0.25, -0.2) is 9.18 Å². The summed E-state index contributed by atoms with van der Waals surface area (Å²) in [5, 5.41) is 2.55. The third kappa shape index (κ3) is 5.68. The van der Waals surface area contributed by atoms with E-state index < -0.39 is 18.0 Å². The van der Waals surface area contributed by atoms with Crippen LogP contribution in [0.4, 0.5) is 10.1 Å². The number of hydrogen-bond acceptors (Lipinski definition) is 6. The van der Waals surface area contributed by atoms with Crippen molar-refractivity contribution in [3.05, 3.63) is 71.0 Å². The van der Waals surface area contributed by atoms with Crippen molar-refractivity contribution in [3.8, 4) is 0 Å². The van der Waals surface area contributed by atoms with E-state index >= 15 is 4.39 Å². The molecule has 0 unspecified atom stereocenters.